The van der Waals surface area contributed by atoms with Crippen LogP contribution in [0.25, 0.3) is 11.1 Å². The van der Waals surface area contributed by atoms with E-state index in [1.807, 2.05) is 27.7 Å². The van der Waals surface area contributed by atoms with Gasteiger partial charge in [0.25, 0.3) is 0 Å². The number of halogens is 2. The first-order valence-corrected chi connectivity index (χ1v) is 10.1. The Bertz CT molecular complexity index is 1010. The molecular weight excluding hydrogens is 384 g/mol. The molecule has 1 heterocycles. The van der Waals surface area contributed by atoms with Gasteiger partial charge >= 0.3 is 0 Å². The summed E-state index contributed by atoms with van der Waals surface area (Å²) in [6.45, 7) is 7.99. The van der Waals surface area contributed by atoms with Crippen molar-refractivity contribution in [3.8, 4) is 16.9 Å². The zero-order chi connectivity index (χ0) is 21.8. The van der Waals surface area contributed by atoms with Crippen LogP contribution in [-0.2, 0) is 13.2 Å². The van der Waals surface area contributed by atoms with E-state index in [4.69, 9.17) is 9.72 Å². The van der Waals surface area contributed by atoms with Gasteiger partial charge in [-0.15, -0.1) is 0 Å². The molecule has 0 spiro atoms. The Morgan fingerprint density at radius 1 is 0.867 bits per heavy atom. The van der Waals surface area contributed by atoms with Crippen molar-refractivity contribution in [3.63, 3.8) is 0 Å². The molecule has 30 heavy (non-hydrogen) atoms. The van der Waals surface area contributed by atoms with E-state index in [9.17, 15) is 13.9 Å². The third kappa shape index (κ3) is 4.51. The summed E-state index contributed by atoms with van der Waals surface area (Å²) in [6.07, 6.45) is 0. The third-order valence-corrected chi connectivity index (χ3v) is 5.06. The molecule has 0 bridgehead atoms. The average Bonchev–Trinajstić information content (AvgIpc) is 2.72. The lowest BCUT2D eigenvalue weighted by atomic mass is 9.87. The highest BCUT2D eigenvalue weighted by molar-refractivity contribution is 5.73. The SMILES string of the molecule is CC(C)c1nc(C(C)C)c(COc2ccccc2F)c(-c2ccc(F)cc2)c1CO. The van der Waals surface area contributed by atoms with Gasteiger partial charge < -0.3 is 9.84 Å². The Balaban J connectivity index is 2.23. The van der Waals surface area contributed by atoms with Gasteiger partial charge in [0.1, 0.15) is 12.4 Å². The third-order valence-electron chi connectivity index (χ3n) is 5.06. The maximum absolute atomic E-state index is 14.1. The van der Waals surface area contributed by atoms with Gasteiger partial charge in [0.05, 0.1) is 12.3 Å². The molecule has 3 rings (SSSR count). The molecule has 0 radical (unpaired) electrons. The van der Waals surface area contributed by atoms with Gasteiger partial charge in [0.15, 0.2) is 11.6 Å². The topological polar surface area (TPSA) is 42.4 Å². The van der Waals surface area contributed by atoms with Gasteiger partial charge in [-0.25, -0.2) is 8.78 Å². The number of nitrogens with zero attached hydrogens (tertiary/aromatic N) is 1. The standard InChI is InChI=1S/C25H27F2NO2/c1-15(2)24-19(13-29)23(17-9-11-18(26)12-10-17)20(25(28-24)16(3)4)14-30-22-8-6-5-7-21(22)27/h5-12,15-16,29H,13-14H2,1-4H3. The highest BCUT2D eigenvalue weighted by atomic mass is 19.1. The van der Waals surface area contributed by atoms with Gasteiger partial charge in [-0.2, -0.15) is 0 Å². The fourth-order valence-corrected chi connectivity index (χ4v) is 3.64. The van der Waals surface area contributed by atoms with Crippen LogP contribution in [0.3, 0.4) is 0 Å². The molecule has 0 aliphatic heterocycles. The van der Waals surface area contributed by atoms with E-state index in [-0.39, 0.29) is 36.6 Å². The highest BCUT2D eigenvalue weighted by Crippen LogP contribution is 2.37. The molecule has 158 valence electrons. The second-order valence-electron chi connectivity index (χ2n) is 7.91. The summed E-state index contributed by atoms with van der Waals surface area (Å²) in [5, 5.41) is 10.2. The van der Waals surface area contributed by atoms with E-state index < -0.39 is 5.82 Å². The van der Waals surface area contributed by atoms with Crippen LogP contribution >= 0.6 is 0 Å². The van der Waals surface area contributed by atoms with Crippen LogP contribution in [0.4, 0.5) is 8.78 Å². The quantitative estimate of drug-likeness (QED) is 0.493. The second kappa shape index (κ2) is 9.35. The molecule has 0 aliphatic carbocycles. The van der Waals surface area contributed by atoms with E-state index in [1.165, 1.54) is 18.2 Å². The lowest BCUT2D eigenvalue weighted by Gasteiger charge is -2.24. The molecule has 0 fully saturated rings. The monoisotopic (exact) mass is 411 g/mol. The molecule has 0 atom stereocenters. The van der Waals surface area contributed by atoms with Gasteiger partial charge in [0, 0.05) is 16.8 Å². The fraction of sp³-hybridized carbons (Fsp3) is 0.320. The van der Waals surface area contributed by atoms with E-state index in [1.54, 1.807) is 30.3 Å². The highest BCUT2D eigenvalue weighted by Gasteiger charge is 2.24. The second-order valence-corrected chi connectivity index (χ2v) is 7.91. The van der Waals surface area contributed by atoms with Gasteiger partial charge in [-0.05, 0) is 47.2 Å². The molecule has 2 aromatic carbocycles. The number of aliphatic hydroxyl groups is 1. The minimum Gasteiger partial charge on any atom is -0.486 e. The number of hydrogen-bond donors (Lipinski definition) is 1. The number of para-hydroxylation sites is 1. The molecule has 0 unspecified atom stereocenters. The zero-order valence-electron chi connectivity index (χ0n) is 17.7. The van der Waals surface area contributed by atoms with E-state index in [0.717, 1.165) is 28.1 Å². The molecule has 0 saturated heterocycles. The number of rotatable bonds is 7. The van der Waals surface area contributed by atoms with Gasteiger partial charge in [-0.3, -0.25) is 4.98 Å². The van der Waals surface area contributed by atoms with Crippen LogP contribution < -0.4 is 4.74 Å². The summed E-state index contributed by atoms with van der Waals surface area (Å²) >= 11 is 0. The Hall–Kier alpha value is -2.79. The Kier molecular flexibility index (Phi) is 6.83. The smallest absolute Gasteiger partial charge is 0.165 e. The van der Waals surface area contributed by atoms with Crippen molar-refractivity contribution in [3.05, 3.63) is 82.7 Å². The number of benzene rings is 2. The maximum Gasteiger partial charge on any atom is 0.165 e. The summed E-state index contributed by atoms with van der Waals surface area (Å²) in [5.74, 6) is -0.466. The van der Waals surface area contributed by atoms with Crippen molar-refractivity contribution < 1.29 is 18.6 Å². The molecule has 1 aromatic heterocycles. The molecule has 3 nitrogen and oxygen atoms in total. The largest absolute Gasteiger partial charge is 0.486 e. The maximum atomic E-state index is 14.1. The number of ether oxygens (including phenoxy) is 1. The van der Waals surface area contributed by atoms with Crippen LogP contribution in [0, 0.1) is 11.6 Å². The Morgan fingerprint density at radius 3 is 2.03 bits per heavy atom. The van der Waals surface area contributed by atoms with Crippen LogP contribution in [0.1, 0.15) is 62.0 Å². The predicted octanol–water partition coefficient (Wildman–Crippen LogP) is 6.34. The number of pyridine rings is 1. The minimum atomic E-state index is -0.443. The van der Waals surface area contributed by atoms with Crippen molar-refractivity contribution in [1.82, 2.24) is 4.98 Å². The lowest BCUT2D eigenvalue weighted by molar-refractivity contribution is 0.276. The Labute approximate surface area is 176 Å². The van der Waals surface area contributed by atoms with Crippen molar-refractivity contribution in [2.45, 2.75) is 52.7 Å². The fourth-order valence-electron chi connectivity index (χ4n) is 3.64. The molecule has 0 amide bonds. The number of hydrogen-bond acceptors (Lipinski definition) is 3. The van der Waals surface area contributed by atoms with E-state index >= 15 is 0 Å². The first-order valence-electron chi connectivity index (χ1n) is 10.1. The summed E-state index contributed by atoms with van der Waals surface area (Å²) < 4.78 is 33.5. The predicted molar refractivity (Wildman–Crippen MR) is 114 cm³/mol. The lowest BCUT2D eigenvalue weighted by Crippen LogP contribution is -2.14. The van der Waals surface area contributed by atoms with Crippen LogP contribution in [-0.4, -0.2) is 10.1 Å². The summed E-state index contributed by atoms with van der Waals surface area (Å²) in [5.41, 5.74) is 4.62. The van der Waals surface area contributed by atoms with Crippen molar-refractivity contribution in [1.29, 1.82) is 0 Å². The molecule has 0 aliphatic rings. The average molecular weight is 411 g/mol. The molecule has 1 N–H and O–H groups in total. The first-order chi connectivity index (χ1) is 14.3. The molecule has 5 heteroatoms. The number of aromatic nitrogens is 1. The summed E-state index contributed by atoms with van der Waals surface area (Å²) in [7, 11) is 0. The number of aliphatic hydroxyl groups excluding tert-OH is 1. The molecule has 0 saturated carbocycles. The molecular formula is C25H27F2NO2. The normalized spacial score (nSPS) is 11.4. The van der Waals surface area contributed by atoms with E-state index in [2.05, 4.69) is 0 Å². The Morgan fingerprint density at radius 2 is 1.47 bits per heavy atom. The van der Waals surface area contributed by atoms with E-state index in [0.29, 0.717) is 5.56 Å². The van der Waals surface area contributed by atoms with Crippen LogP contribution in [0.2, 0.25) is 0 Å². The van der Waals surface area contributed by atoms with Crippen molar-refractivity contribution in [2.24, 2.45) is 0 Å². The van der Waals surface area contributed by atoms with Crippen molar-refractivity contribution in [2.75, 3.05) is 0 Å². The molecule has 3 aromatic rings. The van der Waals surface area contributed by atoms with Crippen LogP contribution in [0.15, 0.2) is 48.5 Å². The summed E-state index contributed by atoms with van der Waals surface area (Å²) in [6, 6.07) is 12.4. The summed E-state index contributed by atoms with van der Waals surface area (Å²) in [4.78, 5) is 4.87. The van der Waals surface area contributed by atoms with Gasteiger partial charge in [0.2, 0.25) is 0 Å². The van der Waals surface area contributed by atoms with Gasteiger partial charge in [-0.1, -0.05) is 52.0 Å². The van der Waals surface area contributed by atoms with Crippen molar-refractivity contribution >= 4 is 0 Å². The zero-order valence-corrected chi connectivity index (χ0v) is 17.7. The van der Waals surface area contributed by atoms with Crippen LogP contribution in [0.5, 0.6) is 5.75 Å². The first kappa shape index (κ1) is 21.9. The minimum absolute atomic E-state index is 0.0775.